The Bertz CT molecular complexity index is 2600. The van der Waals surface area contributed by atoms with E-state index in [1.165, 1.54) is 9.80 Å². The summed E-state index contributed by atoms with van der Waals surface area (Å²) in [6, 6.07) is 30.1. The molecule has 3 aromatic carbocycles. The van der Waals surface area contributed by atoms with Crippen LogP contribution in [0.15, 0.2) is 122 Å². The van der Waals surface area contributed by atoms with E-state index in [9.17, 15) is 18.0 Å². The summed E-state index contributed by atoms with van der Waals surface area (Å²) in [5.41, 5.74) is 0.812. The van der Waals surface area contributed by atoms with Crippen molar-refractivity contribution in [2.24, 2.45) is 5.92 Å². The van der Waals surface area contributed by atoms with Gasteiger partial charge in [-0.2, -0.15) is 0 Å². The van der Waals surface area contributed by atoms with Gasteiger partial charge in [-0.05, 0) is 81.8 Å². The predicted molar refractivity (Wildman–Crippen MR) is 234 cm³/mol. The number of sulfonamides is 1. The molecule has 2 aliphatic carbocycles. The molecule has 1 aliphatic heterocycles. The van der Waals surface area contributed by atoms with Crippen LogP contribution < -0.4 is 14.2 Å². The minimum absolute atomic E-state index is 0.0240. The van der Waals surface area contributed by atoms with Crippen LogP contribution in [0.3, 0.4) is 0 Å². The Balaban J connectivity index is 1.15. The van der Waals surface area contributed by atoms with Gasteiger partial charge in [-0.3, -0.25) is 24.2 Å². The van der Waals surface area contributed by atoms with Gasteiger partial charge >= 0.3 is 6.09 Å². The largest absolute Gasteiger partial charge is 0.497 e. The first-order valence-corrected chi connectivity index (χ1v) is 22.3. The van der Waals surface area contributed by atoms with Gasteiger partial charge in [0, 0.05) is 42.6 Å². The molecule has 1 saturated heterocycles. The maximum absolute atomic E-state index is 15.4. The molecule has 3 fully saturated rings. The van der Waals surface area contributed by atoms with Crippen molar-refractivity contribution in [1.82, 2.24) is 24.5 Å². The van der Waals surface area contributed by atoms with Crippen molar-refractivity contribution in [2.45, 2.75) is 87.5 Å². The fourth-order valence-electron chi connectivity index (χ4n) is 8.44. The second-order valence-corrected chi connectivity index (χ2v) is 19.5. The van der Waals surface area contributed by atoms with Crippen LogP contribution in [-0.2, 0) is 37.3 Å². The third-order valence-corrected chi connectivity index (χ3v) is 14.1. The van der Waals surface area contributed by atoms with Crippen LogP contribution in [0, 0.1) is 5.92 Å². The number of fused-ring (bicyclic) bond motifs is 1. The lowest BCUT2D eigenvalue weighted by Gasteiger charge is -2.36. The molecule has 1 N–H and O–H groups in total. The number of rotatable bonds is 14. The van der Waals surface area contributed by atoms with E-state index in [2.05, 4.69) is 16.3 Å². The van der Waals surface area contributed by atoms with Crippen LogP contribution in [0.1, 0.15) is 57.6 Å². The van der Waals surface area contributed by atoms with Gasteiger partial charge in [0.05, 0.1) is 35.3 Å². The number of nitrogens with zero attached hydrogens (tertiary/aromatic N) is 4. The summed E-state index contributed by atoms with van der Waals surface area (Å²) in [6.45, 7) is 9.14. The van der Waals surface area contributed by atoms with Crippen molar-refractivity contribution in [2.75, 3.05) is 13.7 Å². The van der Waals surface area contributed by atoms with Crippen molar-refractivity contribution >= 4 is 38.8 Å². The SMILES string of the molecule is C=CC1CC1(C(=O)NS(=O)(=O)C1(Cc2ccccc2)CC1)N(Cc1ccccc1)C(=O)C1CC(Oc2cc(-c3ccccn3)nc3cc(OC)ccc23)CN1C(=O)OC(C)(C)C. The molecule has 2 saturated carbocycles. The first-order valence-electron chi connectivity index (χ1n) is 20.8. The summed E-state index contributed by atoms with van der Waals surface area (Å²) >= 11 is 0. The average Bonchev–Trinajstić information content (AvgIpc) is 4.17. The van der Waals surface area contributed by atoms with Crippen molar-refractivity contribution in [1.29, 1.82) is 0 Å². The zero-order valence-electron chi connectivity index (χ0n) is 35.3. The molecular formula is C48H51N5O8S. The van der Waals surface area contributed by atoms with E-state index in [1.54, 1.807) is 58.4 Å². The highest BCUT2D eigenvalue weighted by Crippen LogP contribution is 2.52. The molecule has 0 bridgehead atoms. The van der Waals surface area contributed by atoms with Gasteiger partial charge in [0.1, 0.15) is 34.8 Å². The third kappa shape index (κ3) is 8.48. The lowest BCUT2D eigenvalue weighted by molar-refractivity contribution is -0.146. The van der Waals surface area contributed by atoms with Crippen LogP contribution in [0.25, 0.3) is 22.3 Å². The van der Waals surface area contributed by atoms with E-state index >= 15 is 4.79 Å². The molecule has 4 atom stereocenters. The molecule has 3 amide bonds. The lowest BCUT2D eigenvalue weighted by Crippen LogP contribution is -2.59. The molecule has 322 valence electrons. The van der Waals surface area contributed by atoms with Crippen molar-refractivity contribution in [3.8, 4) is 22.9 Å². The van der Waals surface area contributed by atoms with Gasteiger partial charge in [0.25, 0.3) is 5.91 Å². The first kappa shape index (κ1) is 42.4. The predicted octanol–water partition coefficient (Wildman–Crippen LogP) is 7.26. The molecule has 3 aliphatic rings. The van der Waals surface area contributed by atoms with E-state index < -0.39 is 61.9 Å². The Labute approximate surface area is 362 Å². The van der Waals surface area contributed by atoms with E-state index in [-0.39, 0.29) is 32.4 Å². The summed E-state index contributed by atoms with van der Waals surface area (Å²) in [5.74, 6) is -0.861. The fraction of sp³-hybridized carbons (Fsp3) is 0.354. The van der Waals surface area contributed by atoms with E-state index in [0.717, 1.165) is 5.56 Å². The van der Waals surface area contributed by atoms with E-state index in [0.29, 0.717) is 52.2 Å². The summed E-state index contributed by atoms with van der Waals surface area (Å²) in [5, 5.41) is 0.680. The number of carbonyl (C=O) groups excluding carboxylic acids is 3. The summed E-state index contributed by atoms with van der Waals surface area (Å²) in [6.07, 6.45) is 3.04. The third-order valence-electron chi connectivity index (χ3n) is 11.9. The molecule has 62 heavy (non-hydrogen) atoms. The normalized spacial score (nSPS) is 21.4. The number of aromatic nitrogens is 2. The number of likely N-dealkylation sites (tertiary alicyclic amines) is 1. The lowest BCUT2D eigenvalue weighted by atomic mass is 10.0. The molecular weight excluding hydrogens is 807 g/mol. The number of hydrogen-bond acceptors (Lipinski definition) is 10. The number of amides is 3. The number of methoxy groups -OCH3 is 1. The molecule has 3 heterocycles. The highest BCUT2D eigenvalue weighted by atomic mass is 32.2. The van der Waals surface area contributed by atoms with Gasteiger partial charge in [-0.15, -0.1) is 6.58 Å². The molecule has 8 rings (SSSR count). The van der Waals surface area contributed by atoms with Crippen LogP contribution in [0.5, 0.6) is 11.5 Å². The van der Waals surface area contributed by atoms with Gasteiger partial charge < -0.3 is 19.1 Å². The summed E-state index contributed by atoms with van der Waals surface area (Å²) in [7, 11) is -2.63. The Morgan fingerprint density at radius 1 is 0.935 bits per heavy atom. The molecule has 4 unspecified atom stereocenters. The highest BCUT2D eigenvalue weighted by molar-refractivity contribution is 7.91. The first-order chi connectivity index (χ1) is 29.6. The second kappa shape index (κ2) is 16.5. The molecule has 0 spiro atoms. The number of hydrogen-bond donors (Lipinski definition) is 1. The van der Waals surface area contributed by atoms with Crippen LogP contribution in [0.2, 0.25) is 0 Å². The quantitative estimate of drug-likeness (QED) is 0.113. The number of benzene rings is 3. The summed E-state index contributed by atoms with van der Waals surface area (Å²) < 4.78 is 47.8. The van der Waals surface area contributed by atoms with Crippen molar-refractivity contribution in [3.05, 3.63) is 133 Å². The van der Waals surface area contributed by atoms with Crippen molar-refractivity contribution < 1.29 is 37.0 Å². The van der Waals surface area contributed by atoms with Gasteiger partial charge in [0.2, 0.25) is 15.9 Å². The van der Waals surface area contributed by atoms with Gasteiger partial charge in [-0.25, -0.2) is 18.2 Å². The van der Waals surface area contributed by atoms with E-state index in [1.807, 2.05) is 84.9 Å². The Hall–Kier alpha value is -6.28. The number of ether oxygens (including phenoxy) is 3. The second-order valence-electron chi connectivity index (χ2n) is 17.4. The minimum atomic E-state index is -4.20. The number of carbonyl (C=O) groups is 3. The maximum Gasteiger partial charge on any atom is 0.411 e. The topological polar surface area (TPSA) is 157 Å². The van der Waals surface area contributed by atoms with Gasteiger partial charge in [0.15, 0.2) is 0 Å². The number of pyridine rings is 2. The van der Waals surface area contributed by atoms with E-state index in [4.69, 9.17) is 19.2 Å². The average molecular weight is 858 g/mol. The maximum atomic E-state index is 15.4. The Kier molecular flexibility index (Phi) is 11.3. The molecule has 13 nitrogen and oxygen atoms in total. The minimum Gasteiger partial charge on any atom is -0.497 e. The molecule has 2 aromatic heterocycles. The zero-order valence-corrected chi connectivity index (χ0v) is 36.1. The number of nitrogens with one attached hydrogen (secondary N) is 1. The fourth-order valence-corrected chi connectivity index (χ4v) is 10.1. The van der Waals surface area contributed by atoms with Crippen LogP contribution >= 0.6 is 0 Å². The smallest absolute Gasteiger partial charge is 0.411 e. The Morgan fingerprint density at radius 2 is 1.63 bits per heavy atom. The van der Waals surface area contributed by atoms with Crippen molar-refractivity contribution in [3.63, 3.8) is 0 Å². The highest BCUT2D eigenvalue weighted by Gasteiger charge is 2.67. The molecule has 14 heteroatoms. The molecule has 5 aromatic rings. The van der Waals surface area contributed by atoms with Crippen LogP contribution in [-0.4, -0.2) is 87.8 Å². The monoisotopic (exact) mass is 857 g/mol. The Morgan fingerprint density at radius 3 is 2.24 bits per heavy atom. The van der Waals surface area contributed by atoms with Crippen LogP contribution in [0.4, 0.5) is 4.79 Å². The summed E-state index contributed by atoms with van der Waals surface area (Å²) in [4.78, 5) is 56.4. The zero-order chi connectivity index (χ0) is 43.9. The molecule has 0 radical (unpaired) electrons. The standard InChI is InChI=1S/C48H51N5O8S/c1-6-34-29-48(34,44(55)51-62(57,58)47(22-23-47)28-32-15-9-7-10-16-32)53(30-33-17-11-8-12-18-33)43(54)41-26-36(31-52(41)45(56)61-46(2,3)4)60-42-27-40(38-19-13-14-24-49-38)50-39-25-35(59-5)20-21-37(39)42/h6-21,24-25,27,34,36,41H,1,22-23,26,28-31H2,2-5H3,(H,51,55). The van der Waals surface area contributed by atoms with Gasteiger partial charge in [-0.1, -0.05) is 72.8 Å².